The Bertz CT molecular complexity index is 914. The van der Waals surface area contributed by atoms with Gasteiger partial charge in [-0.3, -0.25) is 9.59 Å². The standard InChI is InChI=1S/C19H17N3O4S/c1-12(23)20-19-21-22(13(2)24)17(27-19)15-9-6-10-16(11-15)26-18(25)14-7-4-3-5-8-14/h3-11,17H,1-2H3,(H,20,21,23). The van der Waals surface area contributed by atoms with E-state index in [1.54, 1.807) is 48.5 Å². The number of benzene rings is 2. The number of hydrogen-bond acceptors (Lipinski definition) is 6. The van der Waals surface area contributed by atoms with E-state index >= 15 is 0 Å². The SMILES string of the molecule is CC(=O)NC1=NN(C(C)=O)C(c2cccc(OC(=O)c3ccccc3)c2)S1. The van der Waals surface area contributed by atoms with E-state index in [9.17, 15) is 14.4 Å². The van der Waals surface area contributed by atoms with Gasteiger partial charge < -0.3 is 10.1 Å². The first-order chi connectivity index (χ1) is 12.9. The van der Waals surface area contributed by atoms with E-state index in [2.05, 4.69) is 10.4 Å². The molecule has 0 saturated heterocycles. The third kappa shape index (κ3) is 4.53. The lowest BCUT2D eigenvalue weighted by atomic mass is 10.2. The second-order valence-corrected chi connectivity index (χ2v) is 6.82. The number of ether oxygens (including phenoxy) is 1. The fourth-order valence-electron chi connectivity index (χ4n) is 2.45. The van der Waals surface area contributed by atoms with Crippen molar-refractivity contribution in [3.8, 4) is 5.75 Å². The lowest BCUT2D eigenvalue weighted by molar-refractivity contribution is -0.129. The molecular weight excluding hydrogens is 366 g/mol. The van der Waals surface area contributed by atoms with Crippen molar-refractivity contribution in [1.82, 2.24) is 10.3 Å². The molecule has 1 atom stereocenters. The summed E-state index contributed by atoms with van der Waals surface area (Å²) in [5.74, 6) is -0.639. The number of esters is 1. The topological polar surface area (TPSA) is 88.1 Å². The van der Waals surface area contributed by atoms with Gasteiger partial charge in [0.1, 0.15) is 11.1 Å². The summed E-state index contributed by atoms with van der Waals surface area (Å²) in [4.78, 5) is 35.4. The molecular formula is C19H17N3O4S. The molecule has 2 aromatic carbocycles. The Morgan fingerprint density at radius 3 is 2.48 bits per heavy atom. The molecule has 1 N–H and O–H groups in total. The minimum absolute atomic E-state index is 0.264. The van der Waals surface area contributed by atoms with Crippen LogP contribution in [0.4, 0.5) is 0 Å². The number of hydrazone groups is 1. The third-order valence-electron chi connectivity index (χ3n) is 3.61. The predicted molar refractivity (Wildman–Crippen MR) is 102 cm³/mol. The average molecular weight is 383 g/mol. The lowest BCUT2D eigenvalue weighted by Gasteiger charge is -2.19. The highest BCUT2D eigenvalue weighted by Crippen LogP contribution is 2.39. The van der Waals surface area contributed by atoms with Crippen molar-refractivity contribution in [2.75, 3.05) is 0 Å². The summed E-state index contributed by atoms with van der Waals surface area (Å²) in [6.45, 7) is 2.77. The summed E-state index contributed by atoms with van der Waals surface area (Å²) < 4.78 is 5.43. The van der Waals surface area contributed by atoms with Gasteiger partial charge in [0.25, 0.3) is 0 Å². The number of thioether (sulfide) groups is 1. The normalized spacial score (nSPS) is 15.9. The molecule has 1 aliphatic rings. The molecule has 0 bridgehead atoms. The number of hydrogen-bond donors (Lipinski definition) is 1. The van der Waals surface area contributed by atoms with Gasteiger partial charge in [-0.2, -0.15) is 0 Å². The van der Waals surface area contributed by atoms with Crippen LogP contribution in [0.5, 0.6) is 5.75 Å². The van der Waals surface area contributed by atoms with Crippen molar-refractivity contribution in [2.24, 2.45) is 5.10 Å². The van der Waals surface area contributed by atoms with Crippen LogP contribution in [-0.4, -0.2) is 28.0 Å². The van der Waals surface area contributed by atoms with Gasteiger partial charge in [-0.15, -0.1) is 5.10 Å². The van der Waals surface area contributed by atoms with E-state index in [0.29, 0.717) is 16.5 Å². The first kappa shape index (κ1) is 18.7. The minimum Gasteiger partial charge on any atom is -0.423 e. The van der Waals surface area contributed by atoms with E-state index in [1.165, 1.54) is 30.6 Å². The van der Waals surface area contributed by atoms with Gasteiger partial charge in [-0.05, 0) is 29.8 Å². The number of rotatable bonds is 3. The van der Waals surface area contributed by atoms with Crippen LogP contribution in [0.2, 0.25) is 0 Å². The maximum Gasteiger partial charge on any atom is 0.343 e. The van der Waals surface area contributed by atoms with E-state index in [1.807, 2.05) is 6.07 Å². The molecule has 27 heavy (non-hydrogen) atoms. The van der Waals surface area contributed by atoms with E-state index < -0.39 is 11.3 Å². The molecule has 0 fully saturated rings. The molecule has 0 aliphatic carbocycles. The van der Waals surface area contributed by atoms with Gasteiger partial charge in [0.15, 0.2) is 5.17 Å². The number of nitrogens with one attached hydrogen (secondary N) is 1. The summed E-state index contributed by atoms with van der Waals surface area (Å²) in [5, 5.41) is 7.91. The quantitative estimate of drug-likeness (QED) is 0.650. The van der Waals surface area contributed by atoms with Crippen molar-refractivity contribution in [3.05, 3.63) is 65.7 Å². The Balaban J connectivity index is 1.79. The van der Waals surface area contributed by atoms with Gasteiger partial charge in [-0.1, -0.05) is 42.1 Å². The molecule has 8 heteroatoms. The fourth-order valence-corrected chi connectivity index (χ4v) is 3.58. The Labute approximate surface area is 160 Å². The van der Waals surface area contributed by atoms with Crippen LogP contribution in [0.3, 0.4) is 0 Å². The Kier molecular flexibility index (Phi) is 5.56. The Morgan fingerprint density at radius 1 is 1.07 bits per heavy atom. The van der Waals surface area contributed by atoms with Crippen LogP contribution < -0.4 is 10.1 Å². The highest BCUT2D eigenvalue weighted by molar-refractivity contribution is 8.14. The van der Waals surface area contributed by atoms with Gasteiger partial charge in [0.05, 0.1) is 5.56 Å². The number of amides is 2. The van der Waals surface area contributed by atoms with Gasteiger partial charge in [0.2, 0.25) is 11.8 Å². The van der Waals surface area contributed by atoms with Crippen LogP contribution in [-0.2, 0) is 9.59 Å². The summed E-state index contributed by atoms with van der Waals surface area (Å²) in [7, 11) is 0. The van der Waals surface area contributed by atoms with E-state index in [4.69, 9.17) is 4.74 Å². The number of amidine groups is 1. The summed E-state index contributed by atoms with van der Waals surface area (Å²) in [6.07, 6.45) is 0. The number of carbonyl (C=O) groups is 3. The zero-order valence-electron chi connectivity index (χ0n) is 14.7. The van der Waals surface area contributed by atoms with Crippen LogP contribution in [0.15, 0.2) is 59.7 Å². The van der Waals surface area contributed by atoms with Gasteiger partial charge in [-0.25, -0.2) is 9.80 Å². The zero-order chi connectivity index (χ0) is 19.4. The second-order valence-electron chi connectivity index (χ2n) is 5.75. The Hall–Kier alpha value is -3.13. The first-order valence-electron chi connectivity index (χ1n) is 8.14. The van der Waals surface area contributed by atoms with Crippen molar-refractivity contribution in [3.63, 3.8) is 0 Å². The largest absolute Gasteiger partial charge is 0.423 e. The molecule has 0 radical (unpaired) electrons. The smallest absolute Gasteiger partial charge is 0.343 e. The van der Waals surface area contributed by atoms with E-state index in [-0.39, 0.29) is 11.8 Å². The van der Waals surface area contributed by atoms with Gasteiger partial charge in [0, 0.05) is 13.8 Å². The Morgan fingerprint density at radius 2 is 1.81 bits per heavy atom. The first-order valence-corrected chi connectivity index (χ1v) is 9.02. The van der Waals surface area contributed by atoms with Crippen molar-refractivity contribution < 1.29 is 19.1 Å². The minimum atomic E-state index is -0.467. The molecule has 0 saturated carbocycles. The lowest BCUT2D eigenvalue weighted by Crippen LogP contribution is -2.25. The molecule has 3 rings (SSSR count). The van der Waals surface area contributed by atoms with Crippen LogP contribution in [0.1, 0.15) is 35.1 Å². The molecule has 0 spiro atoms. The van der Waals surface area contributed by atoms with E-state index in [0.717, 1.165) is 5.56 Å². The third-order valence-corrected chi connectivity index (χ3v) is 4.71. The van der Waals surface area contributed by atoms with Crippen LogP contribution in [0, 0.1) is 0 Å². The number of carbonyl (C=O) groups excluding carboxylic acids is 3. The second kappa shape index (κ2) is 8.05. The molecule has 7 nitrogen and oxygen atoms in total. The molecule has 1 aliphatic heterocycles. The predicted octanol–water partition coefficient (Wildman–Crippen LogP) is 2.91. The monoisotopic (exact) mass is 383 g/mol. The highest BCUT2D eigenvalue weighted by atomic mass is 32.2. The molecule has 2 aromatic rings. The average Bonchev–Trinajstić information content (AvgIpc) is 3.06. The molecule has 2 amide bonds. The molecule has 1 unspecified atom stereocenters. The van der Waals surface area contributed by atoms with Crippen molar-refractivity contribution in [2.45, 2.75) is 19.2 Å². The maximum absolute atomic E-state index is 12.2. The number of nitrogens with zero attached hydrogens (tertiary/aromatic N) is 2. The fraction of sp³-hybridized carbons (Fsp3) is 0.158. The van der Waals surface area contributed by atoms with Crippen LogP contribution in [0.25, 0.3) is 0 Å². The maximum atomic E-state index is 12.2. The summed E-state index contributed by atoms with van der Waals surface area (Å²) in [5.41, 5.74) is 1.16. The van der Waals surface area contributed by atoms with Gasteiger partial charge >= 0.3 is 5.97 Å². The zero-order valence-corrected chi connectivity index (χ0v) is 15.5. The molecule has 138 valence electrons. The molecule has 1 heterocycles. The molecule has 0 aromatic heterocycles. The van der Waals surface area contributed by atoms with Crippen molar-refractivity contribution in [1.29, 1.82) is 0 Å². The summed E-state index contributed by atoms with van der Waals surface area (Å²) >= 11 is 1.24. The summed E-state index contributed by atoms with van der Waals surface area (Å²) in [6, 6.07) is 15.6. The van der Waals surface area contributed by atoms with Crippen molar-refractivity contribution >= 4 is 34.7 Å². The van der Waals surface area contributed by atoms with Crippen LogP contribution >= 0.6 is 11.8 Å². The highest BCUT2D eigenvalue weighted by Gasteiger charge is 2.32.